The van der Waals surface area contributed by atoms with Crippen LogP contribution < -0.4 is 10.6 Å². The van der Waals surface area contributed by atoms with Gasteiger partial charge < -0.3 is 15.2 Å². The molecule has 7 nitrogen and oxygen atoms in total. The Kier molecular flexibility index (Phi) is 5.75. The monoisotopic (exact) mass is 370 g/mol. The van der Waals surface area contributed by atoms with Gasteiger partial charge in [-0.3, -0.25) is 9.59 Å². The molecular weight excluding hydrogens is 352 g/mol. The van der Waals surface area contributed by atoms with E-state index in [1.807, 2.05) is 35.7 Å². The number of nitrogens with zero attached hydrogens (tertiary/aromatic N) is 2. The van der Waals surface area contributed by atoms with E-state index in [9.17, 15) is 9.59 Å². The Morgan fingerprint density at radius 2 is 2.00 bits per heavy atom. The van der Waals surface area contributed by atoms with Crippen LogP contribution in [0, 0.1) is 0 Å². The van der Waals surface area contributed by atoms with Crippen molar-refractivity contribution in [1.82, 2.24) is 15.5 Å². The minimum absolute atomic E-state index is 0.112. The molecular formula is C18H18N4O3S. The molecule has 3 rings (SSSR count). The molecule has 0 saturated carbocycles. The second-order valence-corrected chi connectivity index (χ2v) is 6.49. The number of para-hydroxylation sites is 1. The Hall–Kier alpha value is -3.00. The first-order chi connectivity index (χ1) is 12.7. The SMILES string of the molecule is CNC(=O)Cc1ccccc1NC(=O)CCc1nc(-c2cccs2)no1. The van der Waals surface area contributed by atoms with Crippen LogP contribution in [0.5, 0.6) is 0 Å². The molecule has 0 bridgehead atoms. The van der Waals surface area contributed by atoms with Crippen LogP contribution in [0.4, 0.5) is 5.69 Å². The maximum absolute atomic E-state index is 12.2. The van der Waals surface area contributed by atoms with Crippen LogP contribution in [-0.4, -0.2) is 29.0 Å². The number of aromatic nitrogens is 2. The summed E-state index contributed by atoms with van der Waals surface area (Å²) in [4.78, 5) is 29.0. The second kappa shape index (κ2) is 8.39. The summed E-state index contributed by atoms with van der Waals surface area (Å²) in [6.07, 6.45) is 0.767. The molecule has 2 amide bonds. The fourth-order valence-electron chi connectivity index (χ4n) is 2.35. The maximum atomic E-state index is 12.2. The number of carbonyl (C=O) groups excluding carboxylic acids is 2. The highest BCUT2D eigenvalue weighted by Crippen LogP contribution is 2.21. The van der Waals surface area contributed by atoms with Crippen LogP contribution in [0.1, 0.15) is 17.9 Å². The number of hydrogen-bond donors (Lipinski definition) is 2. The topological polar surface area (TPSA) is 97.1 Å². The first-order valence-electron chi connectivity index (χ1n) is 8.10. The Morgan fingerprint density at radius 1 is 1.15 bits per heavy atom. The van der Waals surface area contributed by atoms with Crippen LogP contribution in [0.2, 0.25) is 0 Å². The van der Waals surface area contributed by atoms with Gasteiger partial charge in [-0.05, 0) is 23.1 Å². The molecule has 0 atom stereocenters. The summed E-state index contributed by atoms with van der Waals surface area (Å²) in [5.74, 6) is 0.664. The van der Waals surface area contributed by atoms with Gasteiger partial charge in [0.1, 0.15) is 0 Å². The number of likely N-dealkylation sites (N-methyl/N-ethyl adjacent to an activating group) is 1. The van der Waals surface area contributed by atoms with Crippen LogP contribution in [0.25, 0.3) is 10.7 Å². The lowest BCUT2D eigenvalue weighted by atomic mass is 10.1. The van der Waals surface area contributed by atoms with Gasteiger partial charge in [0.05, 0.1) is 11.3 Å². The zero-order valence-electron chi connectivity index (χ0n) is 14.2. The van der Waals surface area contributed by atoms with Gasteiger partial charge >= 0.3 is 0 Å². The quantitative estimate of drug-likeness (QED) is 0.666. The number of thiophene rings is 1. The third kappa shape index (κ3) is 4.54. The van der Waals surface area contributed by atoms with Crippen LogP contribution in [-0.2, 0) is 22.4 Å². The van der Waals surface area contributed by atoms with Gasteiger partial charge in [-0.2, -0.15) is 4.98 Å². The lowest BCUT2D eigenvalue weighted by Gasteiger charge is -2.10. The predicted octanol–water partition coefficient (Wildman–Crippen LogP) is 2.66. The van der Waals surface area contributed by atoms with Crippen LogP contribution in [0.3, 0.4) is 0 Å². The molecule has 0 unspecified atom stereocenters. The van der Waals surface area contributed by atoms with Crippen molar-refractivity contribution in [2.24, 2.45) is 0 Å². The summed E-state index contributed by atoms with van der Waals surface area (Å²) in [6.45, 7) is 0. The van der Waals surface area contributed by atoms with Crippen molar-refractivity contribution < 1.29 is 14.1 Å². The highest BCUT2D eigenvalue weighted by atomic mass is 32.1. The zero-order chi connectivity index (χ0) is 18.4. The van der Waals surface area contributed by atoms with E-state index in [0.29, 0.717) is 23.8 Å². The molecule has 0 aliphatic heterocycles. The lowest BCUT2D eigenvalue weighted by Crippen LogP contribution is -2.21. The van der Waals surface area contributed by atoms with E-state index in [2.05, 4.69) is 20.8 Å². The molecule has 2 heterocycles. The molecule has 0 fully saturated rings. The Labute approximate surface area is 154 Å². The molecule has 2 aromatic heterocycles. The van der Waals surface area contributed by atoms with E-state index in [4.69, 9.17) is 4.52 Å². The van der Waals surface area contributed by atoms with Crippen molar-refractivity contribution in [3.05, 3.63) is 53.2 Å². The Morgan fingerprint density at radius 3 is 2.77 bits per heavy atom. The third-order valence-electron chi connectivity index (χ3n) is 3.70. The van der Waals surface area contributed by atoms with Crippen molar-refractivity contribution >= 4 is 28.8 Å². The smallest absolute Gasteiger partial charge is 0.227 e. The van der Waals surface area contributed by atoms with E-state index >= 15 is 0 Å². The number of benzene rings is 1. The minimum atomic E-state index is -0.176. The van der Waals surface area contributed by atoms with E-state index in [-0.39, 0.29) is 24.7 Å². The van der Waals surface area contributed by atoms with Gasteiger partial charge in [0, 0.05) is 25.6 Å². The number of anilines is 1. The van der Waals surface area contributed by atoms with Crippen molar-refractivity contribution in [2.75, 3.05) is 12.4 Å². The fourth-order valence-corrected chi connectivity index (χ4v) is 3.00. The fraction of sp³-hybridized carbons (Fsp3) is 0.222. The van der Waals surface area contributed by atoms with E-state index in [0.717, 1.165) is 10.4 Å². The highest BCUT2D eigenvalue weighted by molar-refractivity contribution is 7.13. The lowest BCUT2D eigenvalue weighted by molar-refractivity contribution is -0.120. The highest BCUT2D eigenvalue weighted by Gasteiger charge is 2.13. The molecule has 0 radical (unpaired) electrons. The third-order valence-corrected chi connectivity index (χ3v) is 4.56. The van der Waals surface area contributed by atoms with Crippen molar-refractivity contribution in [3.8, 4) is 10.7 Å². The average Bonchev–Trinajstić information content (AvgIpc) is 3.33. The van der Waals surface area contributed by atoms with Gasteiger partial charge in [-0.25, -0.2) is 0 Å². The summed E-state index contributed by atoms with van der Waals surface area (Å²) in [6, 6.07) is 11.1. The largest absolute Gasteiger partial charge is 0.359 e. The molecule has 0 aliphatic rings. The molecule has 0 saturated heterocycles. The summed E-state index contributed by atoms with van der Waals surface area (Å²) in [5.41, 5.74) is 1.39. The summed E-state index contributed by atoms with van der Waals surface area (Å²) < 4.78 is 5.19. The standard InChI is InChI=1S/C18H18N4O3S/c1-19-16(24)11-12-5-2-3-6-13(12)20-15(23)8-9-17-21-18(22-25-17)14-7-4-10-26-14/h2-7,10H,8-9,11H2,1H3,(H,19,24)(H,20,23). The molecule has 8 heteroatoms. The van der Waals surface area contributed by atoms with E-state index in [1.54, 1.807) is 13.1 Å². The van der Waals surface area contributed by atoms with Gasteiger partial charge in [0.25, 0.3) is 0 Å². The van der Waals surface area contributed by atoms with Crippen molar-refractivity contribution in [3.63, 3.8) is 0 Å². The number of carbonyl (C=O) groups is 2. The van der Waals surface area contributed by atoms with Crippen LogP contribution >= 0.6 is 11.3 Å². The second-order valence-electron chi connectivity index (χ2n) is 5.54. The number of hydrogen-bond acceptors (Lipinski definition) is 6. The summed E-state index contributed by atoms with van der Waals surface area (Å²) in [5, 5.41) is 11.3. The molecule has 0 aliphatic carbocycles. The average molecular weight is 370 g/mol. The van der Waals surface area contributed by atoms with Gasteiger partial charge in [0.2, 0.25) is 23.5 Å². The summed E-state index contributed by atoms with van der Waals surface area (Å²) >= 11 is 1.53. The Balaban J connectivity index is 1.57. The number of nitrogens with one attached hydrogen (secondary N) is 2. The van der Waals surface area contributed by atoms with Gasteiger partial charge in [-0.15, -0.1) is 11.3 Å². The number of amides is 2. The van der Waals surface area contributed by atoms with Crippen LogP contribution in [0.15, 0.2) is 46.3 Å². The molecule has 134 valence electrons. The predicted molar refractivity (Wildman–Crippen MR) is 98.8 cm³/mol. The molecule has 1 aromatic carbocycles. The van der Waals surface area contributed by atoms with Gasteiger partial charge in [0.15, 0.2) is 0 Å². The number of aryl methyl sites for hydroxylation is 1. The van der Waals surface area contributed by atoms with E-state index < -0.39 is 0 Å². The molecule has 2 N–H and O–H groups in total. The number of rotatable bonds is 7. The first kappa shape index (κ1) is 17.8. The molecule has 3 aromatic rings. The summed E-state index contributed by atoms with van der Waals surface area (Å²) in [7, 11) is 1.58. The maximum Gasteiger partial charge on any atom is 0.227 e. The van der Waals surface area contributed by atoms with Crippen molar-refractivity contribution in [1.29, 1.82) is 0 Å². The van der Waals surface area contributed by atoms with Crippen molar-refractivity contribution in [2.45, 2.75) is 19.3 Å². The van der Waals surface area contributed by atoms with Gasteiger partial charge in [-0.1, -0.05) is 29.4 Å². The van der Waals surface area contributed by atoms with E-state index in [1.165, 1.54) is 11.3 Å². The molecule has 26 heavy (non-hydrogen) atoms. The zero-order valence-corrected chi connectivity index (χ0v) is 15.0. The normalized spacial score (nSPS) is 10.5. The molecule has 0 spiro atoms. The Bertz CT molecular complexity index is 889. The minimum Gasteiger partial charge on any atom is -0.359 e. The first-order valence-corrected chi connectivity index (χ1v) is 8.98.